The number of ether oxygens (including phenoxy) is 1. The van der Waals surface area contributed by atoms with Crippen molar-refractivity contribution in [1.29, 1.82) is 0 Å². The quantitative estimate of drug-likeness (QED) is 0.555. The van der Waals surface area contributed by atoms with Gasteiger partial charge in [-0.3, -0.25) is 14.9 Å². The number of imide groups is 2. The van der Waals surface area contributed by atoms with E-state index in [1.807, 2.05) is 4.90 Å². The van der Waals surface area contributed by atoms with Gasteiger partial charge < -0.3 is 9.64 Å². The molecule has 31 heavy (non-hydrogen) atoms. The number of amides is 4. The van der Waals surface area contributed by atoms with Crippen LogP contribution in [0.15, 0.2) is 42.0 Å². The van der Waals surface area contributed by atoms with Gasteiger partial charge in [0.15, 0.2) is 0 Å². The molecular formula is C21H16Cl2FN3O4. The van der Waals surface area contributed by atoms with Crippen molar-refractivity contribution in [2.45, 2.75) is 0 Å². The summed E-state index contributed by atoms with van der Waals surface area (Å²) in [6.07, 6.45) is 1.22. The monoisotopic (exact) mass is 463 g/mol. The molecule has 0 bridgehead atoms. The fourth-order valence-electron chi connectivity index (χ4n) is 3.38. The fourth-order valence-corrected chi connectivity index (χ4v) is 3.76. The van der Waals surface area contributed by atoms with E-state index in [0.29, 0.717) is 37.6 Å². The minimum absolute atomic E-state index is 0.0118. The van der Waals surface area contributed by atoms with E-state index in [1.165, 1.54) is 30.3 Å². The molecule has 2 heterocycles. The highest BCUT2D eigenvalue weighted by atomic mass is 35.5. The molecule has 7 nitrogen and oxygen atoms in total. The molecule has 0 radical (unpaired) electrons. The summed E-state index contributed by atoms with van der Waals surface area (Å²) >= 11 is 12.1. The van der Waals surface area contributed by atoms with Crippen LogP contribution in [0.4, 0.5) is 20.6 Å². The van der Waals surface area contributed by atoms with Gasteiger partial charge in [-0.15, -0.1) is 0 Å². The van der Waals surface area contributed by atoms with Gasteiger partial charge in [0.25, 0.3) is 11.8 Å². The van der Waals surface area contributed by atoms with E-state index in [2.05, 4.69) is 5.32 Å². The number of carbonyl (C=O) groups excluding carboxylic acids is 3. The van der Waals surface area contributed by atoms with Crippen molar-refractivity contribution in [2.75, 3.05) is 36.1 Å². The first kappa shape index (κ1) is 21.3. The highest BCUT2D eigenvalue weighted by Gasteiger charge is 2.38. The molecule has 160 valence electrons. The summed E-state index contributed by atoms with van der Waals surface area (Å²) in [6.45, 7) is 2.15. The van der Waals surface area contributed by atoms with Gasteiger partial charge in [0.1, 0.15) is 11.4 Å². The predicted octanol–water partition coefficient (Wildman–Crippen LogP) is 3.64. The lowest BCUT2D eigenvalue weighted by Crippen LogP contribution is -2.54. The zero-order valence-corrected chi connectivity index (χ0v) is 17.5. The Hall–Kier alpha value is -2.94. The number of anilines is 2. The van der Waals surface area contributed by atoms with E-state index in [1.54, 1.807) is 12.1 Å². The highest BCUT2D eigenvalue weighted by Crippen LogP contribution is 2.34. The highest BCUT2D eigenvalue weighted by molar-refractivity contribution is 6.46. The van der Waals surface area contributed by atoms with Gasteiger partial charge in [-0.05, 0) is 35.9 Å². The summed E-state index contributed by atoms with van der Waals surface area (Å²) < 4.78 is 20.0. The molecule has 4 amide bonds. The van der Waals surface area contributed by atoms with E-state index < -0.39 is 23.7 Å². The molecule has 4 rings (SSSR count). The number of barbiturate groups is 1. The van der Waals surface area contributed by atoms with Gasteiger partial charge in [-0.1, -0.05) is 35.3 Å². The first-order chi connectivity index (χ1) is 14.9. The zero-order valence-electron chi connectivity index (χ0n) is 16.0. The third kappa shape index (κ3) is 4.14. The molecule has 0 aliphatic carbocycles. The summed E-state index contributed by atoms with van der Waals surface area (Å²) in [5, 5.41) is 2.22. The SMILES string of the molecule is O=C1NC(=O)N(c2cccc(Cl)c2Cl)C(=O)/C1=C/c1ccc(N2CCOCC2)c(F)c1. The van der Waals surface area contributed by atoms with Crippen LogP contribution >= 0.6 is 23.2 Å². The van der Waals surface area contributed by atoms with Crippen molar-refractivity contribution in [3.63, 3.8) is 0 Å². The Labute approximate surface area is 187 Å². The molecule has 2 aromatic rings. The van der Waals surface area contributed by atoms with Crippen molar-refractivity contribution in [1.82, 2.24) is 5.32 Å². The summed E-state index contributed by atoms with van der Waals surface area (Å²) in [5.41, 5.74) is 0.393. The van der Waals surface area contributed by atoms with Crippen molar-refractivity contribution < 1.29 is 23.5 Å². The third-order valence-electron chi connectivity index (χ3n) is 4.91. The molecule has 2 aliphatic rings. The first-order valence-electron chi connectivity index (χ1n) is 9.34. The van der Waals surface area contributed by atoms with Gasteiger partial charge in [0.2, 0.25) is 0 Å². The van der Waals surface area contributed by atoms with Crippen LogP contribution in [0.3, 0.4) is 0 Å². The molecule has 0 spiro atoms. The van der Waals surface area contributed by atoms with Crippen LogP contribution in [0.1, 0.15) is 5.56 Å². The van der Waals surface area contributed by atoms with E-state index in [9.17, 15) is 18.8 Å². The normalized spacial score (nSPS) is 18.5. The summed E-state index contributed by atoms with van der Waals surface area (Å²) in [4.78, 5) is 40.2. The lowest BCUT2D eigenvalue weighted by molar-refractivity contribution is -0.122. The van der Waals surface area contributed by atoms with E-state index in [0.717, 1.165) is 4.90 Å². The maximum Gasteiger partial charge on any atom is 0.336 e. The molecule has 0 unspecified atom stereocenters. The fraction of sp³-hybridized carbons (Fsp3) is 0.190. The maximum absolute atomic E-state index is 14.7. The van der Waals surface area contributed by atoms with Gasteiger partial charge in [0.05, 0.1) is 34.6 Å². The topological polar surface area (TPSA) is 79.0 Å². The number of nitrogens with one attached hydrogen (secondary N) is 1. The number of hydrogen-bond acceptors (Lipinski definition) is 5. The number of urea groups is 1. The van der Waals surface area contributed by atoms with Crippen LogP contribution < -0.4 is 15.1 Å². The van der Waals surface area contributed by atoms with Crippen LogP contribution in [0.5, 0.6) is 0 Å². The molecule has 0 atom stereocenters. The Morgan fingerprint density at radius 1 is 1.03 bits per heavy atom. The van der Waals surface area contributed by atoms with Crippen LogP contribution in [0.2, 0.25) is 10.0 Å². The molecule has 1 N–H and O–H groups in total. The van der Waals surface area contributed by atoms with Crippen molar-refractivity contribution in [2.24, 2.45) is 0 Å². The Kier molecular flexibility index (Phi) is 5.95. The largest absolute Gasteiger partial charge is 0.378 e. The molecule has 2 fully saturated rings. The van der Waals surface area contributed by atoms with Gasteiger partial charge in [0, 0.05) is 13.1 Å². The van der Waals surface area contributed by atoms with E-state index >= 15 is 0 Å². The maximum atomic E-state index is 14.7. The number of carbonyl (C=O) groups is 3. The Morgan fingerprint density at radius 3 is 2.48 bits per heavy atom. The van der Waals surface area contributed by atoms with Crippen LogP contribution in [0.25, 0.3) is 6.08 Å². The Morgan fingerprint density at radius 2 is 1.77 bits per heavy atom. The van der Waals surface area contributed by atoms with Crippen LogP contribution in [-0.2, 0) is 14.3 Å². The molecule has 2 saturated heterocycles. The number of benzene rings is 2. The number of halogens is 3. The summed E-state index contributed by atoms with van der Waals surface area (Å²) in [7, 11) is 0. The summed E-state index contributed by atoms with van der Waals surface area (Å²) in [5.74, 6) is -2.27. The zero-order chi connectivity index (χ0) is 22.1. The van der Waals surface area contributed by atoms with Crippen molar-refractivity contribution in [3.05, 3.63) is 63.4 Å². The van der Waals surface area contributed by atoms with E-state index in [4.69, 9.17) is 27.9 Å². The molecule has 2 aromatic carbocycles. The second kappa shape index (κ2) is 8.66. The lowest BCUT2D eigenvalue weighted by atomic mass is 10.1. The first-order valence-corrected chi connectivity index (χ1v) is 10.1. The third-order valence-corrected chi connectivity index (χ3v) is 5.72. The Balaban J connectivity index is 1.67. The average Bonchev–Trinajstić information content (AvgIpc) is 2.75. The average molecular weight is 464 g/mol. The van der Waals surface area contributed by atoms with Crippen LogP contribution in [0, 0.1) is 5.82 Å². The number of rotatable bonds is 3. The van der Waals surface area contributed by atoms with E-state index in [-0.39, 0.29) is 21.3 Å². The van der Waals surface area contributed by atoms with Crippen LogP contribution in [-0.4, -0.2) is 44.1 Å². The lowest BCUT2D eigenvalue weighted by Gasteiger charge is -2.29. The Bertz CT molecular complexity index is 1120. The second-order valence-corrected chi connectivity index (χ2v) is 7.63. The van der Waals surface area contributed by atoms with Crippen molar-refractivity contribution in [3.8, 4) is 0 Å². The smallest absolute Gasteiger partial charge is 0.336 e. The molecular weight excluding hydrogens is 448 g/mol. The number of nitrogens with zero attached hydrogens (tertiary/aromatic N) is 2. The number of morpholine rings is 1. The molecule has 0 saturated carbocycles. The second-order valence-electron chi connectivity index (χ2n) is 6.84. The molecule has 0 aromatic heterocycles. The van der Waals surface area contributed by atoms with Gasteiger partial charge in [-0.2, -0.15) is 0 Å². The molecule has 2 aliphatic heterocycles. The predicted molar refractivity (Wildman–Crippen MR) is 115 cm³/mol. The van der Waals surface area contributed by atoms with Crippen molar-refractivity contribution >= 4 is 58.5 Å². The number of hydrogen-bond donors (Lipinski definition) is 1. The molecule has 10 heteroatoms. The minimum atomic E-state index is -0.954. The standard InChI is InChI=1S/C21H16Cl2FN3O4/c22-14-2-1-3-17(18(14)23)27-20(29)13(19(28)25-21(27)30)10-12-4-5-16(15(24)11-12)26-6-8-31-9-7-26/h1-5,10-11H,6-9H2,(H,25,28,30)/b13-10+. The summed E-state index contributed by atoms with van der Waals surface area (Å²) in [6, 6.07) is 7.89. The minimum Gasteiger partial charge on any atom is -0.378 e. The van der Waals surface area contributed by atoms with Gasteiger partial charge >= 0.3 is 6.03 Å². The van der Waals surface area contributed by atoms with Gasteiger partial charge in [-0.25, -0.2) is 14.1 Å².